The molecule has 152 valence electrons. The van der Waals surface area contributed by atoms with Crippen molar-refractivity contribution < 1.29 is 9.59 Å². The number of benzene rings is 1. The molecule has 0 atom stereocenters. The Morgan fingerprint density at radius 3 is 2.07 bits per heavy atom. The van der Waals surface area contributed by atoms with E-state index in [1.54, 1.807) is 0 Å². The van der Waals surface area contributed by atoms with Gasteiger partial charge in [-0.15, -0.1) is 0 Å². The predicted molar refractivity (Wildman–Crippen MR) is 109 cm³/mol. The number of carbonyl (C=O) groups is 2. The number of piperazine rings is 1. The Labute approximate surface area is 167 Å². The quantitative estimate of drug-likeness (QED) is 0.705. The van der Waals surface area contributed by atoms with Crippen molar-refractivity contribution in [2.24, 2.45) is 0 Å². The van der Waals surface area contributed by atoms with E-state index in [2.05, 4.69) is 44.7 Å². The summed E-state index contributed by atoms with van der Waals surface area (Å²) in [4.78, 5) is 28.8. The summed E-state index contributed by atoms with van der Waals surface area (Å²) in [6.07, 6.45) is 5.79. The summed E-state index contributed by atoms with van der Waals surface area (Å²) in [5, 5.41) is 6.23. The molecule has 2 amide bonds. The van der Waals surface area contributed by atoms with Crippen molar-refractivity contribution in [1.29, 1.82) is 0 Å². The maximum Gasteiger partial charge on any atom is 0.234 e. The molecule has 2 aliphatic carbocycles. The monoisotopic (exact) mass is 384 g/mol. The van der Waals surface area contributed by atoms with Crippen LogP contribution in [-0.4, -0.2) is 73.5 Å². The van der Waals surface area contributed by atoms with Crippen LogP contribution in [0.3, 0.4) is 0 Å². The molecule has 2 N–H and O–H groups in total. The van der Waals surface area contributed by atoms with Gasteiger partial charge in [0.2, 0.25) is 11.8 Å². The molecule has 1 aromatic carbocycles. The zero-order valence-corrected chi connectivity index (χ0v) is 16.7. The molecule has 1 aliphatic heterocycles. The van der Waals surface area contributed by atoms with Crippen molar-refractivity contribution >= 4 is 11.8 Å². The third-order valence-corrected chi connectivity index (χ3v) is 6.46. The largest absolute Gasteiger partial charge is 0.354 e. The first-order valence-electron chi connectivity index (χ1n) is 10.7. The minimum atomic E-state index is 0.113. The van der Waals surface area contributed by atoms with E-state index in [-0.39, 0.29) is 17.2 Å². The van der Waals surface area contributed by atoms with Gasteiger partial charge in [-0.2, -0.15) is 0 Å². The fourth-order valence-electron chi connectivity index (χ4n) is 4.30. The van der Waals surface area contributed by atoms with Gasteiger partial charge in [-0.3, -0.25) is 19.4 Å². The lowest BCUT2D eigenvalue weighted by Crippen LogP contribution is -2.53. The second kappa shape index (κ2) is 8.62. The predicted octanol–water partition coefficient (Wildman–Crippen LogP) is 1.12. The van der Waals surface area contributed by atoms with Gasteiger partial charge in [-0.25, -0.2) is 0 Å². The van der Waals surface area contributed by atoms with E-state index in [0.717, 1.165) is 58.4 Å². The van der Waals surface area contributed by atoms with Crippen LogP contribution in [0.1, 0.15) is 37.7 Å². The van der Waals surface area contributed by atoms with Gasteiger partial charge in [-0.1, -0.05) is 36.8 Å². The number of rotatable bonds is 8. The molecular weight excluding hydrogens is 352 g/mol. The number of nitrogens with zero attached hydrogens (tertiary/aromatic N) is 2. The number of hydrogen-bond acceptors (Lipinski definition) is 4. The first kappa shape index (κ1) is 19.4. The van der Waals surface area contributed by atoms with Crippen LogP contribution in [0.4, 0.5) is 0 Å². The summed E-state index contributed by atoms with van der Waals surface area (Å²) in [5.41, 5.74) is 1.48. The van der Waals surface area contributed by atoms with Crippen LogP contribution in [0.15, 0.2) is 30.3 Å². The molecule has 6 heteroatoms. The van der Waals surface area contributed by atoms with Gasteiger partial charge < -0.3 is 10.6 Å². The molecule has 28 heavy (non-hydrogen) atoms. The van der Waals surface area contributed by atoms with E-state index in [9.17, 15) is 9.59 Å². The molecule has 1 heterocycles. The Morgan fingerprint density at radius 2 is 1.54 bits per heavy atom. The SMILES string of the molecule is O=C(CN1CCN(CC(=O)NC2CC2)CC1)NCC1(c2ccccc2)CCC1. The van der Waals surface area contributed by atoms with Crippen LogP contribution in [0, 0.1) is 0 Å². The Kier molecular flexibility index (Phi) is 5.97. The maximum absolute atomic E-state index is 12.5. The van der Waals surface area contributed by atoms with Gasteiger partial charge in [0, 0.05) is 44.2 Å². The molecule has 3 fully saturated rings. The zero-order chi connectivity index (χ0) is 19.4. The van der Waals surface area contributed by atoms with Gasteiger partial charge in [0.15, 0.2) is 0 Å². The van der Waals surface area contributed by atoms with Gasteiger partial charge in [0.05, 0.1) is 13.1 Å². The van der Waals surface area contributed by atoms with Crippen molar-refractivity contribution in [3.05, 3.63) is 35.9 Å². The van der Waals surface area contributed by atoms with E-state index >= 15 is 0 Å². The van der Waals surface area contributed by atoms with E-state index < -0.39 is 0 Å². The first-order chi connectivity index (χ1) is 13.6. The van der Waals surface area contributed by atoms with Gasteiger partial charge in [-0.05, 0) is 31.2 Å². The highest BCUT2D eigenvalue weighted by Gasteiger charge is 2.38. The molecule has 2 saturated carbocycles. The molecule has 0 unspecified atom stereocenters. The van der Waals surface area contributed by atoms with Gasteiger partial charge >= 0.3 is 0 Å². The molecule has 0 bridgehead atoms. The third-order valence-electron chi connectivity index (χ3n) is 6.46. The van der Waals surface area contributed by atoms with Crippen molar-refractivity contribution in [3.63, 3.8) is 0 Å². The molecule has 0 radical (unpaired) electrons. The summed E-state index contributed by atoms with van der Waals surface area (Å²) in [6.45, 7) is 5.04. The highest BCUT2D eigenvalue weighted by atomic mass is 16.2. The van der Waals surface area contributed by atoms with Crippen molar-refractivity contribution in [3.8, 4) is 0 Å². The average molecular weight is 385 g/mol. The number of nitrogens with one attached hydrogen (secondary N) is 2. The van der Waals surface area contributed by atoms with Gasteiger partial charge in [0.1, 0.15) is 0 Å². The standard InChI is InChI=1S/C22H32N4O2/c27-20(23-17-22(9-4-10-22)18-5-2-1-3-6-18)15-25-11-13-26(14-12-25)16-21(28)24-19-7-8-19/h1-3,5-6,19H,4,7-17H2,(H,23,27)(H,24,28). The number of hydrogen-bond donors (Lipinski definition) is 2. The Hall–Kier alpha value is -1.92. The number of amides is 2. The highest BCUT2D eigenvalue weighted by Crippen LogP contribution is 2.43. The second-order valence-corrected chi connectivity index (χ2v) is 8.67. The van der Waals surface area contributed by atoms with Crippen LogP contribution in [0.25, 0.3) is 0 Å². The van der Waals surface area contributed by atoms with Crippen molar-refractivity contribution in [1.82, 2.24) is 20.4 Å². The molecule has 1 saturated heterocycles. The van der Waals surface area contributed by atoms with E-state index in [4.69, 9.17) is 0 Å². The van der Waals surface area contributed by atoms with Crippen LogP contribution in [0.2, 0.25) is 0 Å². The van der Waals surface area contributed by atoms with Crippen LogP contribution < -0.4 is 10.6 Å². The van der Waals surface area contributed by atoms with E-state index in [1.807, 2.05) is 6.07 Å². The van der Waals surface area contributed by atoms with Crippen LogP contribution in [-0.2, 0) is 15.0 Å². The Balaban J connectivity index is 1.17. The van der Waals surface area contributed by atoms with Crippen LogP contribution >= 0.6 is 0 Å². The molecule has 6 nitrogen and oxygen atoms in total. The minimum Gasteiger partial charge on any atom is -0.354 e. The fourth-order valence-corrected chi connectivity index (χ4v) is 4.30. The smallest absolute Gasteiger partial charge is 0.234 e. The summed E-state index contributed by atoms with van der Waals surface area (Å²) in [5.74, 6) is 0.252. The fraction of sp³-hybridized carbons (Fsp3) is 0.636. The average Bonchev–Trinajstić information content (AvgIpc) is 3.47. The molecule has 3 aliphatic rings. The van der Waals surface area contributed by atoms with Crippen molar-refractivity contribution in [2.75, 3.05) is 45.8 Å². The maximum atomic E-state index is 12.5. The lowest BCUT2D eigenvalue weighted by atomic mass is 9.64. The van der Waals surface area contributed by atoms with Crippen molar-refractivity contribution in [2.45, 2.75) is 43.6 Å². The highest BCUT2D eigenvalue weighted by molar-refractivity contribution is 5.79. The molecule has 1 aromatic rings. The molecule has 0 spiro atoms. The van der Waals surface area contributed by atoms with E-state index in [0.29, 0.717) is 19.1 Å². The molecular formula is C22H32N4O2. The minimum absolute atomic E-state index is 0.113. The summed E-state index contributed by atoms with van der Waals surface area (Å²) < 4.78 is 0. The topological polar surface area (TPSA) is 64.7 Å². The second-order valence-electron chi connectivity index (χ2n) is 8.67. The normalized spacial score (nSPS) is 22.3. The third kappa shape index (κ3) is 4.92. The summed E-state index contributed by atoms with van der Waals surface area (Å²) >= 11 is 0. The lowest BCUT2D eigenvalue weighted by molar-refractivity contribution is -0.125. The Bertz CT molecular complexity index is 677. The van der Waals surface area contributed by atoms with Crippen LogP contribution in [0.5, 0.6) is 0 Å². The van der Waals surface area contributed by atoms with Gasteiger partial charge in [0.25, 0.3) is 0 Å². The summed E-state index contributed by atoms with van der Waals surface area (Å²) in [7, 11) is 0. The lowest BCUT2D eigenvalue weighted by Gasteiger charge is -2.43. The zero-order valence-electron chi connectivity index (χ0n) is 16.7. The number of carbonyl (C=O) groups excluding carboxylic acids is 2. The molecule has 4 rings (SSSR count). The summed E-state index contributed by atoms with van der Waals surface area (Å²) in [6, 6.07) is 11.0. The van der Waals surface area contributed by atoms with E-state index in [1.165, 1.54) is 12.0 Å². The Morgan fingerprint density at radius 1 is 0.929 bits per heavy atom. The molecule has 0 aromatic heterocycles. The first-order valence-corrected chi connectivity index (χ1v) is 10.7.